The molecule has 0 amide bonds. The highest BCUT2D eigenvalue weighted by atomic mass is 16.4. The summed E-state index contributed by atoms with van der Waals surface area (Å²) < 4.78 is 0. The van der Waals surface area contributed by atoms with Gasteiger partial charge in [0.05, 0.1) is 24.1 Å². The number of carboxylic acids is 1. The number of nitrogens with two attached hydrogens (primary N) is 1. The monoisotopic (exact) mass is 265 g/mol. The molecule has 1 aliphatic carbocycles. The largest absolute Gasteiger partial charge is 0.478 e. The number of aliphatic hydroxyl groups excluding tert-OH is 1. The Labute approximate surface area is 111 Å². The van der Waals surface area contributed by atoms with Gasteiger partial charge >= 0.3 is 5.97 Å². The van der Waals surface area contributed by atoms with Crippen molar-refractivity contribution in [2.75, 3.05) is 23.8 Å². The predicted molar refractivity (Wildman–Crippen MR) is 72.3 cm³/mol. The minimum Gasteiger partial charge on any atom is -0.478 e. The van der Waals surface area contributed by atoms with Crippen molar-refractivity contribution in [3.05, 3.63) is 17.8 Å². The second-order valence-electron chi connectivity index (χ2n) is 4.79. The van der Waals surface area contributed by atoms with Crippen LogP contribution in [0, 0.1) is 0 Å². The van der Waals surface area contributed by atoms with Gasteiger partial charge in [-0.05, 0) is 18.9 Å². The van der Waals surface area contributed by atoms with Crippen LogP contribution in [-0.4, -0.2) is 40.4 Å². The molecule has 0 radical (unpaired) electrons. The summed E-state index contributed by atoms with van der Waals surface area (Å²) in [5, 5.41) is 18.3. The molecule has 6 nitrogen and oxygen atoms in total. The van der Waals surface area contributed by atoms with Crippen LogP contribution in [0.1, 0.15) is 36.0 Å². The van der Waals surface area contributed by atoms with Crippen molar-refractivity contribution < 1.29 is 15.0 Å². The van der Waals surface area contributed by atoms with Gasteiger partial charge in [-0.25, -0.2) is 9.78 Å². The quantitative estimate of drug-likeness (QED) is 0.737. The molecule has 0 bridgehead atoms. The van der Waals surface area contributed by atoms with Crippen LogP contribution in [0.3, 0.4) is 0 Å². The van der Waals surface area contributed by atoms with Gasteiger partial charge in [-0.1, -0.05) is 12.8 Å². The number of aromatic carboxylic acids is 1. The van der Waals surface area contributed by atoms with Crippen LogP contribution in [0.2, 0.25) is 0 Å². The first-order valence-corrected chi connectivity index (χ1v) is 6.49. The maximum atomic E-state index is 11.1. The molecule has 4 N–H and O–H groups in total. The van der Waals surface area contributed by atoms with Gasteiger partial charge in [0.25, 0.3) is 0 Å². The zero-order valence-electron chi connectivity index (χ0n) is 10.7. The summed E-state index contributed by atoms with van der Waals surface area (Å²) in [6, 6.07) is 1.82. The van der Waals surface area contributed by atoms with Gasteiger partial charge in [-0.3, -0.25) is 0 Å². The van der Waals surface area contributed by atoms with Gasteiger partial charge in [0.1, 0.15) is 5.82 Å². The van der Waals surface area contributed by atoms with Crippen LogP contribution in [0.25, 0.3) is 0 Å². The van der Waals surface area contributed by atoms with E-state index in [0.29, 0.717) is 18.4 Å². The Kier molecular flexibility index (Phi) is 4.21. The van der Waals surface area contributed by atoms with Crippen molar-refractivity contribution in [3.8, 4) is 0 Å². The average molecular weight is 265 g/mol. The van der Waals surface area contributed by atoms with E-state index >= 15 is 0 Å². The van der Waals surface area contributed by atoms with Gasteiger partial charge < -0.3 is 20.8 Å². The number of aromatic nitrogens is 1. The van der Waals surface area contributed by atoms with Gasteiger partial charge in [-0.15, -0.1) is 0 Å². The van der Waals surface area contributed by atoms with Crippen LogP contribution >= 0.6 is 0 Å². The second-order valence-corrected chi connectivity index (χ2v) is 4.79. The van der Waals surface area contributed by atoms with Gasteiger partial charge in [0.15, 0.2) is 0 Å². The zero-order valence-corrected chi connectivity index (χ0v) is 10.7. The van der Waals surface area contributed by atoms with E-state index in [9.17, 15) is 9.90 Å². The molecule has 1 saturated carbocycles. The molecule has 1 aromatic rings. The van der Waals surface area contributed by atoms with Gasteiger partial charge in [0.2, 0.25) is 0 Å². The highest BCUT2D eigenvalue weighted by Crippen LogP contribution is 2.28. The number of anilines is 2. The Hall–Kier alpha value is -1.82. The standard InChI is InChI=1S/C13H19N3O3/c14-11-8-15-12(7-10(11)13(18)19)16(5-6-17)9-3-1-2-4-9/h7-9,17H,1-6,14H2,(H,18,19). The maximum Gasteiger partial charge on any atom is 0.337 e. The number of aliphatic hydroxyl groups is 1. The molecule has 1 heterocycles. The summed E-state index contributed by atoms with van der Waals surface area (Å²) in [6.45, 7) is 0.478. The maximum absolute atomic E-state index is 11.1. The minimum absolute atomic E-state index is 0.0188. The summed E-state index contributed by atoms with van der Waals surface area (Å²) in [7, 11) is 0. The highest BCUT2D eigenvalue weighted by molar-refractivity contribution is 5.94. The fourth-order valence-corrected chi connectivity index (χ4v) is 2.61. The molecular weight excluding hydrogens is 246 g/mol. The number of hydrogen-bond acceptors (Lipinski definition) is 5. The Morgan fingerprint density at radius 3 is 2.74 bits per heavy atom. The third kappa shape index (κ3) is 2.96. The van der Waals surface area contributed by atoms with Crippen LogP contribution in [0.15, 0.2) is 12.3 Å². The van der Waals surface area contributed by atoms with Crippen molar-refractivity contribution in [1.29, 1.82) is 0 Å². The number of nitrogens with zero attached hydrogens (tertiary/aromatic N) is 2. The number of hydrogen-bond donors (Lipinski definition) is 3. The molecule has 0 unspecified atom stereocenters. The summed E-state index contributed by atoms with van der Waals surface area (Å²) in [6.07, 6.45) is 5.79. The molecule has 0 spiro atoms. The lowest BCUT2D eigenvalue weighted by atomic mass is 10.1. The van der Waals surface area contributed by atoms with E-state index in [1.54, 1.807) is 0 Å². The lowest BCUT2D eigenvalue weighted by Crippen LogP contribution is -2.36. The first kappa shape index (κ1) is 13.6. The normalized spacial score (nSPS) is 15.6. The van der Waals surface area contributed by atoms with Gasteiger partial charge in [0, 0.05) is 12.6 Å². The predicted octanol–water partition coefficient (Wildman–Crippen LogP) is 1.10. The molecule has 0 atom stereocenters. The molecule has 19 heavy (non-hydrogen) atoms. The Morgan fingerprint density at radius 2 is 2.16 bits per heavy atom. The summed E-state index contributed by atoms with van der Waals surface area (Å²) in [4.78, 5) is 17.3. The lowest BCUT2D eigenvalue weighted by Gasteiger charge is -2.29. The molecular formula is C13H19N3O3. The summed E-state index contributed by atoms with van der Waals surface area (Å²) >= 11 is 0. The van der Waals surface area contributed by atoms with Crippen molar-refractivity contribution in [2.24, 2.45) is 0 Å². The summed E-state index contributed by atoms with van der Waals surface area (Å²) in [5.74, 6) is -0.482. The Morgan fingerprint density at radius 1 is 1.47 bits per heavy atom. The van der Waals surface area contributed by atoms with E-state index in [1.807, 2.05) is 4.90 Å². The third-order valence-electron chi connectivity index (χ3n) is 3.55. The molecule has 104 valence electrons. The molecule has 0 aromatic carbocycles. The molecule has 6 heteroatoms. The lowest BCUT2D eigenvalue weighted by molar-refractivity contribution is 0.0698. The number of nitrogen functional groups attached to an aromatic ring is 1. The zero-order chi connectivity index (χ0) is 13.8. The van der Waals surface area contributed by atoms with E-state index in [2.05, 4.69) is 4.98 Å². The molecule has 2 rings (SSSR count). The van der Waals surface area contributed by atoms with Crippen LogP contribution in [0.5, 0.6) is 0 Å². The molecule has 0 saturated heterocycles. The molecule has 1 aliphatic rings. The number of rotatable bonds is 5. The van der Waals surface area contributed by atoms with E-state index in [4.69, 9.17) is 10.8 Å². The first-order chi connectivity index (χ1) is 9.13. The average Bonchev–Trinajstić information content (AvgIpc) is 2.90. The SMILES string of the molecule is Nc1cnc(N(CCO)C2CCCC2)cc1C(=O)O. The minimum atomic E-state index is -1.06. The summed E-state index contributed by atoms with van der Waals surface area (Å²) in [5.41, 5.74) is 5.83. The van der Waals surface area contributed by atoms with Crippen molar-refractivity contribution in [3.63, 3.8) is 0 Å². The van der Waals surface area contributed by atoms with Crippen LogP contribution < -0.4 is 10.6 Å². The smallest absolute Gasteiger partial charge is 0.337 e. The topological polar surface area (TPSA) is 99.7 Å². The van der Waals surface area contributed by atoms with Crippen molar-refractivity contribution >= 4 is 17.5 Å². The second kappa shape index (κ2) is 5.88. The van der Waals surface area contributed by atoms with Gasteiger partial charge in [-0.2, -0.15) is 0 Å². The fraction of sp³-hybridized carbons (Fsp3) is 0.538. The number of carbonyl (C=O) groups is 1. The first-order valence-electron chi connectivity index (χ1n) is 6.49. The number of carboxylic acid groups (broad SMARTS) is 1. The Balaban J connectivity index is 2.30. The molecule has 1 fully saturated rings. The highest BCUT2D eigenvalue weighted by Gasteiger charge is 2.24. The van der Waals surface area contributed by atoms with E-state index in [-0.39, 0.29) is 17.9 Å². The van der Waals surface area contributed by atoms with E-state index in [0.717, 1.165) is 25.7 Å². The van der Waals surface area contributed by atoms with E-state index < -0.39 is 5.97 Å². The van der Waals surface area contributed by atoms with Crippen molar-refractivity contribution in [1.82, 2.24) is 4.98 Å². The van der Waals surface area contributed by atoms with E-state index in [1.165, 1.54) is 12.3 Å². The number of pyridine rings is 1. The third-order valence-corrected chi connectivity index (χ3v) is 3.55. The van der Waals surface area contributed by atoms with Crippen LogP contribution in [-0.2, 0) is 0 Å². The van der Waals surface area contributed by atoms with Crippen LogP contribution in [0.4, 0.5) is 11.5 Å². The van der Waals surface area contributed by atoms with Crippen molar-refractivity contribution in [2.45, 2.75) is 31.7 Å². The fourth-order valence-electron chi connectivity index (χ4n) is 2.61. The molecule has 0 aliphatic heterocycles. The molecule has 1 aromatic heterocycles. The Bertz CT molecular complexity index is 458.